The summed E-state index contributed by atoms with van der Waals surface area (Å²) in [7, 11) is 3.62. The van der Waals surface area contributed by atoms with Gasteiger partial charge in [0.2, 0.25) is 0 Å². The number of hydrogen-bond donors (Lipinski definition) is 1. The highest BCUT2D eigenvalue weighted by Gasteiger charge is 2.50. The van der Waals surface area contributed by atoms with Gasteiger partial charge in [0.25, 0.3) is 0 Å². The molecule has 2 aliphatic rings. The Bertz CT molecular complexity index is 1250. The number of anilines is 1. The van der Waals surface area contributed by atoms with Gasteiger partial charge in [-0.3, -0.25) is 9.88 Å². The van der Waals surface area contributed by atoms with Crippen molar-refractivity contribution < 1.29 is 17.9 Å². The number of likely N-dealkylation sites (tertiary alicyclic amines) is 1. The van der Waals surface area contributed by atoms with E-state index in [9.17, 15) is 13.2 Å². The number of aromatic nitrogens is 4. The molecule has 10 heteroatoms. The van der Waals surface area contributed by atoms with Gasteiger partial charge in [-0.15, -0.1) is 10.2 Å². The van der Waals surface area contributed by atoms with E-state index >= 15 is 0 Å². The normalized spacial score (nSPS) is 24.3. The molecule has 7 nitrogen and oxygen atoms in total. The predicted octanol–water partition coefficient (Wildman–Crippen LogP) is 5.17. The lowest BCUT2D eigenvalue weighted by atomic mass is 9.62. The van der Waals surface area contributed by atoms with Crippen LogP contribution >= 0.6 is 0 Å². The van der Waals surface area contributed by atoms with Crippen molar-refractivity contribution in [3.8, 4) is 0 Å². The zero-order valence-corrected chi connectivity index (χ0v) is 22.1. The summed E-state index contributed by atoms with van der Waals surface area (Å²) in [6.45, 7) is 4.46. The monoisotopic (exact) mass is 528 g/mol. The minimum atomic E-state index is -4.48. The summed E-state index contributed by atoms with van der Waals surface area (Å²) in [5.74, 6) is 1.41. The van der Waals surface area contributed by atoms with E-state index in [1.807, 2.05) is 35.9 Å². The molecule has 1 aliphatic carbocycles. The first-order valence-electron chi connectivity index (χ1n) is 13.2. The molecule has 2 aromatic heterocycles. The zero-order chi connectivity index (χ0) is 26.9. The summed E-state index contributed by atoms with van der Waals surface area (Å²) in [4.78, 5) is 6.49. The van der Waals surface area contributed by atoms with Crippen LogP contribution in [0.15, 0.2) is 42.9 Å². The fraction of sp³-hybridized carbons (Fsp3) is 0.536. The number of benzene rings is 1. The molecule has 0 unspecified atom stereocenters. The number of pyridine rings is 1. The maximum atomic E-state index is 14.0. The van der Waals surface area contributed by atoms with E-state index in [4.69, 9.17) is 4.74 Å². The Kier molecular flexibility index (Phi) is 7.46. The number of piperidine rings is 1. The van der Waals surface area contributed by atoms with Crippen LogP contribution in [0.4, 0.5) is 18.9 Å². The number of ether oxygens (including phenoxy) is 1. The van der Waals surface area contributed by atoms with Crippen LogP contribution < -0.4 is 5.32 Å². The zero-order valence-electron chi connectivity index (χ0n) is 22.1. The van der Waals surface area contributed by atoms with Gasteiger partial charge < -0.3 is 14.6 Å². The van der Waals surface area contributed by atoms with Gasteiger partial charge in [-0.25, -0.2) is 0 Å². The van der Waals surface area contributed by atoms with E-state index in [0.717, 1.165) is 49.4 Å². The smallest absolute Gasteiger partial charge is 0.381 e. The highest BCUT2D eigenvalue weighted by molar-refractivity contribution is 5.51. The molecular weight excluding hydrogens is 493 g/mol. The molecule has 0 radical (unpaired) electrons. The van der Waals surface area contributed by atoms with Crippen LogP contribution in [0.2, 0.25) is 0 Å². The third-order valence-electron chi connectivity index (χ3n) is 7.98. The van der Waals surface area contributed by atoms with E-state index < -0.39 is 11.7 Å². The summed E-state index contributed by atoms with van der Waals surface area (Å²) >= 11 is 0. The number of aryl methyl sites for hydroxylation is 1. The topological polar surface area (TPSA) is 68.1 Å². The number of alkyl halides is 3. The average Bonchev–Trinajstić information content (AvgIpc) is 3.29. The molecule has 1 saturated heterocycles. The fourth-order valence-corrected chi connectivity index (χ4v) is 5.96. The van der Waals surface area contributed by atoms with Crippen LogP contribution in [-0.4, -0.2) is 51.0 Å². The number of halogens is 3. The van der Waals surface area contributed by atoms with Crippen LogP contribution in [-0.2, 0) is 36.5 Å². The molecule has 1 aliphatic heterocycles. The largest absolute Gasteiger partial charge is 0.418 e. The van der Waals surface area contributed by atoms with Gasteiger partial charge in [-0.1, -0.05) is 19.1 Å². The Morgan fingerprint density at radius 3 is 2.71 bits per heavy atom. The minimum absolute atomic E-state index is 0.00947. The summed E-state index contributed by atoms with van der Waals surface area (Å²) in [5, 5.41) is 11.6. The van der Waals surface area contributed by atoms with Crippen LogP contribution in [0.3, 0.4) is 0 Å². The Morgan fingerprint density at radius 2 is 2.03 bits per heavy atom. The van der Waals surface area contributed by atoms with Crippen molar-refractivity contribution in [2.24, 2.45) is 13.0 Å². The molecule has 1 saturated carbocycles. The fourth-order valence-electron chi connectivity index (χ4n) is 5.96. The van der Waals surface area contributed by atoms with E-state index in [0.29, 0.717) is 18.0 Å². The summed E-state index contributed by atoms with van der Waals surface area (Å²) in [6.07, 6.45) is 2.67. The highest BCUT2D eigenvalue weighted by Crippen LogP contribution is 2.49. The summed E-state index contributed by atoms with van der Waals surface area (Å²) in [5.41, 5.74) is 1.31. The summed E-state index contributed by atoms with van der Waals surface area (Å²) < 4.78 is 49.5. The SMILES string of the molecule is COC1CC(c2cccc(NCc3ncc(CN4CCC[C@H](C)C4)cc3C(F)(F)F)c2)(c2nncn2C)C1. The predicted molar refractivity (Wildman–Crippen MR) is 138 cm³/mol. The van der Waals surface area contributed by atoms with Crippen LogP contribution in [0, 0.1) is 5.92 Å². The lowest BCUT2D eigenvalue weighted by Crippen LogP contribution is -2.48. The van der Waals surface area contributed by atoms with Gasteiger partial charge in [0.1, 0.15) is 12.2 Å². The van der Waals surface area contributed by atoms with Crippen LogP contribution in [0.25, 0.3) is 0 Å². The molecule has 0 spiro atoms. The third-order valence-corrected chi connectivity index (χ3v) is 7.98. The van der Waals surface area contributed by atoms with E-state index in [2.05, 4.69) is 32.3 Å². The van der Waals surface area contributed by atoms with Gasteiger partial charge in [0.15, 0.2) is 0 Å². The number of nitrogens with zero attached hydrogens (tertiary/aromatic N) is 5. The molecule has 0 bridgehead atoms. The molecule has 3 heterocycles. The van der Waals surface area contributed by atoms with Gasteiger partial charge in [0, 0.05) is 39.1 Å². The number of nitrogens with one attached hydrogen (secondary N) is 1. The van der Waals surface area contributed by atoms with Gasteiger partial charge >= 0.3 is 6.18 Å². The second kappa shape index (κ2) is 10.6. The van der Waals surface area contributed by atoms with Crippen molar-refractivity contribution in [1.82, 2.24) is 24.6 Å². The van der Waals surface area contributed by atoms with Crippen molar-refractivity contribution >= 4 is 5.69 Å². The standard InChI is InChI=1S/C28H35F3N6O/c1-19-6-5-9-37(16-19)17-20-10-24(28(29,30)31)25(33-14-20)15-32-22-8-4-7-21(11-22)27(12-23(13-27)38-3)26-35-34-18-36(26)2/h4,7-8,10-11,14,18-19,23,32H,5-6,9,12-13,15-17H2,1-3H3/t19-,23?,27?/m0/s1. The second-order valence-corrected chi connectivity index (χ2v) is 10.9. The Balaban J connectivity index is 1.34. The molecule has 1 atom stereocenters. The Labute approximate surface area is 221 Å². The van der Waals surface area contributed by atoms with Crippen molar-refractivity contribution in [2.45, 2.75) is 63.4 Å². The maximum Gasteiger partial charge on any atom is 0.418 e. The van der Waals surface area contributed by atoms with Crippen molar-refractivity contribution in [3.63, 3.8) is 0 Å². The van der Waals surface area contributed by atoms with Crippen molar-refractivity contribution in [1.29, 1.82) is 0 Å². The Hall–Kier alpha value is -2.98. The van der Waals surface area contributed by atoms with Gasteiger partial charge in [0.05, 0.1) is 29.3 Å². The molecule has 3 aromatic rings. The minimum Gasteiger partial charge on any atom is -0.381 e. The quantitative estimate of drug-likeness (QED) is 0.435. The molecular formula is C28H35F3N6O. The molecule has 38 heavy (non-hydrogen) atoms. The summed E-state index contributed by atoms with van der Waals surface area (Å²) in [6, 6.07) is 9.05. The van der Waals surface area contributed by atoms with Crippen molar-refractivity contribution in [3.05, 3.63) is 71.1 Å². The van der Waals surface area contributed by atoms with Crippen LogP contribution in [0.1, 0.15) is 60.8 Å². The first kappa shape index (κ1) is 26.6. The van der Waals surface area contributed by atoms with Gasteiger partial charge in [-0.2, -0.15) is 13.2 Å². The van der Waals surface area contributed by atoms with E-state index in [1.165, 1.54) is 12.5 Å². The van der Waals surface area contributed by atoms with E-state index in [-0.39, 0.29) is 23.8 Å². The number of methoxy groups -OCH3 is 1. The average molecular weight is 529 g/mol. The molecule has 1 N–H and O–H groups in total. The first-order chi connectivity index (χ1) is 18.2. The molecule has 2 fully saturated rings. The first-order valence-corrected chi connectivity index (χ1v) is 13.2. The Morgan fingerprint density at radius 1 is 1.21 bits per heavy atom. The lowest BCUT2D eigenvalue weighted by molar-refractivity contribution is -0.138. The number of rotatable bonds is 8. The van der Waals surface area contributed by atoms with Crippen molar-refractivity contribution in [2.75, 3.05) is 25.5 Å². The van der Waals surface area contributed by atoms with E-state index in [1.54, 1.807) is 19.6 Å². The second-order valence-electron chi connectivity index (χ2n) is 10.9. The number of hydrogen-bond acceptors (Lipinski definition) is 6. The van der Waals surface area contributed by atoms with Gasteiger partial charge in [-0.05, 0) is 67.5 Å². The molecule has 204 valence electrons. The molecule has 0 amide bonds. The molecule has 1 aromatic carbocycles. The third kappa shape index (κ3) is 5.42. The highest BCUT2D eigenvalue weighted by atomic mass is 19.4. The molecule has 5 rings (SSSR count). The lowest BCUT2D eigenvalue weighted by Gasteiger charge is -2.46. The maximum absolute atomic E-state index is 14.0. The van der Waals surface area contributed by atoms with Crippen LogP contribution in [0.5, 0.6) is 0 Å².